The normalized spacial score (nSPS) is 10.9. The number of nitrogens with zero attached hydrogens (tertiary/aromatic N) is 3. The molecule has 14 heavy (non-hydrogen) atoms. The van der Waals surface area contributed by atoms with Crippen LogP contribution in [-0.2, 0) is 6.54 Å². The topological polar surface area (TPSA) is 33.1 Å². The van der Waals surface area contributed by atoms with Gasteiger partial charge in [0, 0.05) is 26.3 Å². The van der Waals surface area contributed by atoms with Crippen molar-refractivity contribution in [3.05, 3.63) is 11.9 Å². The van der Waals surface area contributed by atoms with Gasteiger partial charge in [0.05, 0.1) is 5.69 Å². The van der Waals surface area contributed by atoms with Crippen LogP contribution in [0, 0.1) is 6.92 Å². The van der Waals surface area contributed by atoms with Crippen LogP contribution in [0.25, 0.3) is 0 Å². The highest BCUT2D eigenvalue weighted by atomic mass is 15.2. The molecule has 0 aliphatic heterocycles. The van der Waals surface area contributed by atoms with Crippen LogP contribution in [0.4, 0.5) is 5.95 Å². The number of anilines is 1. The Morgan fingerprint density at radius 3 is 2.86 bits per heavy atom. The molecule has 1 N–H and O–H groups in total. The van der Waals surface area contributed by atoms with Gasteiger partial charge < -0.3 is 14.8 Å². The van der Waals surface area contributed by atoms with Gasteiger partial charge in [-0.15, -0.1) is 0 Å². The molecule has 0 fully saturated rings. The predicted molar refractivity (Wildman–Crippen MR) is 59.7 cm³/mol. The number of hydrogen-bond acceptors (Lipinski definition) is 3. The molecule has 4 nitrogen and oxygen atoms in total. The highest BCUT2D eigenvalue weighted by Gasteiger charge is 2.03. The van der Waals surface area contributed by atoms with E-state index >= 15 is 0 Å². The minimum Gasteiger partial charge on any atom is -0.359 e. The molecule has 0 aromatic carbocycles. The van der Waals surface area contributed by atoms with Crippen molar-refractivity contribution in [3.8, 4) is 0 Å². The summed E-state index contributed by atoms with van der Waals surface area (Å²) >= 11 is 0. The van der Waals surface area contributed by atoms with Crippen LogP contribution in [0.15, 0.2) is 6.20 Å². The van der Waals surface area contributed by atoms with Crippen molar-refractivity contribution in [2.24, 2.45) is 0 Å². The van der Waals surface area contributed by atoms with Gasteiger partial charge in [-0.05, 0) is 20.5 Å². The van der Waals surface area contributed by atoms with Gasteiger partial charge in [0.15, 0.2) is 0 Å². The molecule has 0 amide bonds. The van der Waals surface area contributed by atoms with Gasteiger partial charge in [-0.3, -0.25) is 0 Å². The third kappa shape index (κ3) is 2.73. The van der Waals surface area contributed by atoms with E-state index in [1.165, 1.54) is 0 Å². The average molecular weight is 196 g/mol. The molecule has 0 aliphatic rings. The lowest BCUT2D eigenvalue weighted by Crippen LogP contribution is -2.23. The highest BCUT2D eigenvalue weighted by Crippen LogP contribution is 2.06. The zero-order chi connectivity index (χ0) is 10.6. The number of nitrogens with one attached hydrogen (secondary N) is 1. The van der Waals surface area contributed by atoms with Crippen molar-refractivity contribution >= 4 is 5.95 Å². The highest BCUT2D eigenvalue weighted by molar-refractivity contribution is 5.27. The smallest absolute Gasteiger partial charge is 0.202 e. The van der Waals surface area contributed by atoms with Crippen LogP contribution in [0.1, 0.15) is 12.6 Å². The molecule has 1 rings (SSSR count). The number of likely N-dealkylation sites (N-methyl/N-ethyl adjacent to an activating group) is 1. The van der Waals surface area contributed by atoms with Crippen molar-refractivity contribution in [2.75, 3.05) is 32.5 Å². The van der Waals surface area contributed by atoms with E-state index in [-0.39, 0.29) is 0 Å². The molecule has 0 saturated heterocycles. The second kappa shape index (κ2) is 5.00. The summed E-state index contributed by atoms with van der Waals surface area (Å²) in [7, 11) is 4.03. The molecule has 1 aromatic rings. The first-order valence-corrected chi connectivity index (χ1v) is 5.07. The van der Waals surface area contributed by atoms with Crippen LogP contribution >= 0.6 is 0 Å². The molecule has 0 atom stereocenters. The summed E-state index contributed by atoms with van der Waals surface area (Å²) in [6.45, 7) is 7.31. The van der Waals surface area contributed by atoms with Gasteiger partial charge in [-0.1, -0.05) is 6.92 Å². The van der Waals surface area contributed by atoms with Crippen LogP contribution in [0.3, 0.4) is 0 Å². The second-order valence-corrected chi connectivity index (χ2v) is 3.55. The molecule has 1 aromatic heterocycles. The van der Waals surface area contributed by atoms with E-state index in [0.717, 1.165) is 31.3 Å². The number of imidazole rings is 1. The maximum Gasteiger partial charge on any atom is 0.202 e. The van der Waals surface area contributed by atoms with Crippen molar-refractivity contribution in [3.63, 3.8) is 0 Å². The molecule has 0 aliphatic carbocycles. The van der Waals surface area contributed by atoms with Gasteiger partial charge in [0.1, 0.15) is 0 Å². The van der Waals surface area contributed by atoms with E-state index in [0.29, 0.717) is 0 Å². The molecule has 1 heterocycles. The molecule has 0 radical (unpaired) electrons. The second-order valence-electron chi connectivity index (χ2n) is 3.55. The fourth-order valence-electron chi connectivity index (χ4n) is 1.35. The monoisotopic (exact) mass is 196 g/mol. The van der Waals surface area contributed by atoms with Crippen LogP contribution in [0.2, 0.25) is 0 Å². The Bertz CT molecular complexity index is 280. The van der Waals surface area contributed by atoms with Crippen LogP contribution < -0.4 is 5.32 Å². The molecule has 0 unspecified atom stereocenters. The summed E-state index contributed by atoms with van der Waals surface area (Å²) < 4.78 is 2.15. The Labute approximate surface area is 85.9 Å². The minimum absolute atomic E-state index is 0.951. The fraction of sp³-hybridized carbons (Fsp3) is 0.700. The predicted octanol–water partition coefficient (Wildman–Crippen LogP) is 1.18. The Morgan fingerprint density at radius 2 is 2.29 bits per heavy atom. The molecule has 0 saturated carbocycles. The first-order valence-electron chi connectivity index (χ1n) is 5.07. The van der Waals surface area contributed by atoms with Crippen molar-refractivity contribution in [1.29, 1.82) is 0 Å². The molecular formula is C10H20N4. The summed E-state index contributed by atoms with van der Waals surface area (Å²) in [5.41, 5.74) is 1.06. The summed E-state index contributed by atoms with van der Waals surface area (Å²) in [5.74, 6) is 0.951. The largest absolute Gasteiger partial charge is 0.359 e. The first kappa shape index (κ1) is 11.0. The van der Waals surface area contributed by atoms with Gasteiger partial charge in [-0.25, -0.2) is 4.98 Å². The molecular weight excluding hydrogens is 176 g/mol. The maximum absolute atomic E-state index is 4.37. The SMILES string of the molecule is CCN(C)CCn1cc(C)nc1NC. The van der Waals surface area contributed by atoms with Crippen molar-refractivity contribution in [2.45, 2.75) is 20.4 Å². The average Bonchev–Trinajstić information content (AvgIpc) is 2.55. The number of hydrogen-bond donors (Lipinski definition) is 1. The Kier molecular flexibility index (Phi) is 3.95. The summed E-state index contributed by atoms with van der Waals surface area (Å²) in [4.78, 5) is 6.65. The molecule has 4 heteroatoms. The van der Waals surface area contributed by atoms with Gasteiger partial charge in [0.25, 0.3) is 0 Å². The van der Waals surface area contributed by atoms with Crippen molar-refractivity contribution < 1.29 is 0 Å². The number of rotatable bonds is 5. The van der Waals surface area contributed by atoms with E-state index in [1.54, 1.807) is 0 Å². The lowest BCUT2D eigenvalue weighted by atomic mass is 10.5. The fourth-order valence-corrected chi connectivity index (χ4v) is 1.35. The van der Waals surface area contributed by atoms with E-state index < -0.39 is 0 Å². The third-order valence-electron chi connectivity index (χ3n) is 2.38. The first-order chi connectivity index (χ1) is 6.67. The lowest BCUT2D eigenvalue weighted by molar-refractivity contribution is 0.336. The van der Waals surface area contributed by atoms with Gasteiger partial charge in [-0.2, -0.15) is 0 Å². The quantitative estimate of drug-likeness (QED) is 0.768. The van der Waals surface area contributed by atoms with E-state index in [1.807, 2.05) is 14.0 Å². The summed E-state index contributed by atoms with van der Waals surface area (Å²) in [6.07, 6.45) is 2.08. The molecule has 0 bridgehead atoms. The summed E-state index contributed by atoms with van der Waals surface area (Å²) in [6, 6.07) is 0. The van der Waals surface area contributed by atoms with E-state index in [4.69, 9.17) is 0 Å². The Morgan fingerprint density at radius 1 is 1.57 bits per heavy atom. The maximum atomic E-state index is 4.37. The van der Waals surface area contributed by atoms with Crippen LogP contribution in [0.5, 0.6) is 0 Å². The Balaban J connectivity index is 2.57. The Hall–Kier alpha value is -1.03. The van der Waals surface area contributed by atoms with E-state index in [2.05, 4.69) is 39.9 Å². The lowest BCUT2D eigenvalue weighted by Gasteiger charge is -2.14. The standard InChI is InChI=1S/C10H20N4/c1-5-13(4)6-7-14-8-9(2)12-10(14)11-3/h8H,5-7H2,1-4H3,(H,11,12). The number of aryl methyl sites for hydroxylation is 1. The van der Waals surface area contributed by atoms with Gasteiger partial charge >= 0.3 is 0 Å². The minimum atomic E-state index is 0.951. The van der Waals surface area contributed by atoms with Crippen molar-refractivity contribution in [1.82, 2.24) is 14.5 Å². The molecule has 0 spiro atoms. The number of aromatic nitrogens is 2. The zero-order valence-corrected chi connectivity index (χ0v) is 9.54. The van der Waals surface area contributed by atoms with E-state index in [9.17, 15) is 0 Å². The van der Waals surface area contributed by atoms with Crippen LogP contribution in [-0.4, -0.2) is 41.6 Å². The van der Waals surface area contributed by atoms with Gasteiger partial charge in [0.2, 0.25) is 5.95 Å². The summed E-state index contributed by atoms with van der Waals surface area (Å²) in [5, 5.41) is 3.09. The third-order valence-corrected chi connectivity index (χ3v) is 2.38. The zero-order valence-electron chi connectivity index (χ0n) is 9.54. The molecule has 80 valence electrons.